The zero-order valence-corrected chi connectivity index (χ0v) is 17.0. The van der Waals surface area contributed by atoms with E-state index in [1.165, 1.54) is 11.3 Å². The maximum absolute atomic E-state index is 12.9. The van der Waals surface area contributed by atoms with Crippen LogP contribution in [0.4, 0.5) is 0 Å². The van der Waals surface area contributed by atoms with Crippen LogP contribution in [0.15, 0.2) is 36.4 Å². The standard InChI is InChI=1S/C19H27NO2SSi/c1-6-20(7-2)19(22)18-16(24(3,4)5)13-15(23-18)17(21)14-11-9-8-10-12-14/h8-13,17,21H,6-7H2,1-5H3. The number of hydrogen-bond acceptors (Lipinski definition) is 3. The molecular formula is C19H27NO2SSi. The first-order valence-corrected chi connectivity index (χ1v) is 12.8. The summed E-state index contributed by atoms with van der Waals surface area (Å²) in [6.45, 7) is 12.1. The van der Waals surface area contributed by atoms with E-state index in [1.54, 1.807) is 0 Å². The van der Waals surface area contributed by atoms with E-state index in [2.05, 4.69) is 25.7 Å². The molecule has 0 aliphatic carbocycles. The number of carbonyl (C=O) groups is 1. The predicted molar refractivity (Wildman–Crippen MR) is 105 cm³/mol. The van der Waals surface area contributed by atoms with Gasteiger partial charge < -0.3 is 10.0 Å². The van der Waals surface area contributed by atoms with Gasteiger partial charge in [-0.05, 0) is 30.7 Å². The number of carbonyl (C=O) groups excluding carboxylic acids is 1. The predicted octanol–water partition coefficient (Wildman–Crippen LogP) is 3.86. The molecule has 0 bridgehead atoms. The number of aliphatic hydroxyl groups excluding tert-OH is 1. The van der Waals surface area contributed by atoms with E-state index in [0.29, 0.717) is 13.1 Å². The summed E-state index contributed by atoms with van der Waals surface area (Å²) in [5.74, 6) is 0.0916. The average Bonchev–Trinajstić information content (AvgIpc) is 3.01. The normalized spacial score (nSPS) is 12.9. The van der Waals surface area contributed by atoms with Gasteiger partial charge in [0.25, 0.3) is 5.91 Å². The van der Waals surface area contributed by atoms with E-state index in [1.807, 2.05) is 49.1 Å². The topological polar surface area (TPSA) is 40.5 Å². The molecule has 3 nitrogen and oxygen atoms in total. The summed E-state index contributed by atoms with van der Waals surface area (Å²) >= 11 is 1.45. The summed E-state index contributed by atoms with van der Waals surface area (Å²) in [5, 5.41) is 11.9. The third-order valence-electron chi connectivity index (χ3n) is 4.19. The van der Waals surface area contributed by atoms with Gasteiger partial charge in [0.1, 0.15) is 6.10 Å². The molecule has 0 saturated heterocycles. The molecule has 0 radical (unpaired) electrons. The van der Waals surface area contributed by atoms with Crippen molar-refractivity contribution in [1.82, 2.24) is 4.90 Å². The summed E-state index contributed by atoms with van der Waals surface area (Å²) in [6, 6.07) is 11.7. The van der Waals surface area contributed by atoms with E-state index < -0.39 is 14.2 Å². The van der Waals surface area contributed by atoms with Crippen molar-refractivity contribution < 1.29 is 9.90 Å². The largest absolute Gasteiger partial charge is 0.383 e. The first-order chi connectivity index (χ1) is 11.3. The van der Waals surface area contributed by atoms with Crippen LogP contribution in [0, 0.1) is 0 Å². The molecule has 1 atom stereocenters. The summed E-state index contributed by atoms with van der Waals surface area (Å²) in [4.78, 5) is 16.4. The molecule has 0 fully saturated rings. The van der Waals surface area contributed by atoms with Gasteiger partial charge in [0.05, 0.1) is 13.0 Å². The van der Waals surface area contributed by atoms with E-state index in [4.69, 9.17) is 0 Å². The Kier molecular flexibility index (Phi) is 6.01. The second kappa shape index (κ2) is 7.63. The van der Waals surface area contributed by atoms with Crippen molar-refractivity contribution in [2.75, 3.05) is 13.1 Å². The fourth-order valence-electron chi connectivity index (χ4n) is 2.71. The Morgan fingerprint density at radius 2 is 1.75 bits per heavy atom. The number of thiophene rings is 1. The molecule has 1 unspecified atom stereocenters. The van der Waals surface area contributed by atoms with Crippen LogP contribution in [0.2, 0.25) is 19.6 Å². The Labute approximate surface area is 150 Å². The van der Waals surface area contributed by atoms with Crippen LogP contribution in [-0.4, -0.2) is 37.1 Å². The fraction of sp³-hybridized carbons (Fsp3) is 0.421. The van der Waals surface area contributed by atoms with Gasteiger partial charge in [-0.3, -0.25) is 4.79 Å². The Bertz CT molecular complexity index is 687. The molecule has 2 aromatic rings. The molecule has 0 aliphatic heterocycles. The van der Waals surface area contributed by atoms with Crippen molar-refractivity contribution >= 4 is 30.5 Å². The number of aliphatic hydroxyl groups is 1. The Balaban J connectivity index is 2.48. The van der Waals surface area contributed by atoms with Crippen LogP contribution in [0.1, 0.15) is 40.1 Å². The van der Waals surface area contributed by atoms with Crippen molar-refractivity contribution in [3.8, 4) is 0 Å². The lowest BCUT2D eigenvalue weighted by Gasteiger charge is -2.22. The zero-order valence-electron chi connectivity index (χ0n) is 15.2. The van der Waals surface area contributed by atoms with Crippen LogP contribution >= 0.6 is 11.3 Å². The van der Waals surface area contributed by atoms with Crippen LogP contribution in [-0.2, 0) is 0 Å². The SMILES string of the molecule is CCN(CC)C(=O)c1sc(C(O)c2ccccc2)cc1[Si](C)(C)C. The molecule has 24 heavy (non-hydrogen) atoms. The van der Waals surface area contributed by atoms with Gasteiger partial charge in [0.15, 0.2) is 0 Å². The second-order valence-electron chi connectivity index (χ2n) is 6.93. The molecule has 130 valence electrons. The average molecular weight is 362 g/mol. The fourth-order valence-corrected chi connectivity index (χ4v) is 6.31. The molecule has 0 spiro atoms. The van der Waals surface area contributed by atoms with Gasteiger partial charge in [-0.15, -0.1) is 11.3 Å². The van der Waals surface area contributed by atoms with Crippen molar-refractivity contribution in [2.45, 2.75) is 39.6 Å². The number of rotatable bonds is 6. The summed E-state index contributed by atoms with van der Waals surface area (Å²) in [7, 11) is -1.69. The molecule has 1 heterocycles. The minimum Gasteiger partial charge on any atom is -0.383 e. The third-order valence-corrected chi connectivity index (χ3v) is 7.56. The van der Waals surface area contributed by atoms with E-state index in [9.17, 15) is 9.90 Å². The van der Waals surface area contributed by atoms with Crippen LogP contribution in [0.3, 0.4) is 0 Å². The minimum atomic E-state index is -1.69. The maximum atomic E-state index is 12.9. The van der Waals surface area contributed by atoms with Gasteiger partial charge in [0, 0.05) is 18.0 Å². The third kappa shape index (κ3) is 3.96. The summed E-state index contributed by atoms with van der Waals surface area (Å²) < 4.78 is 0. The van der Waals surface area contributed by atoms with Crippen LogP contribution in [0.5, 0.6) is 0 Å². The lowest BCUT2D eigenvalue weighted by atomic mass is 10.1. The van der Waals surface area contributed by atoms with Crippen molar-refractivity contribution in [3.63, 3.8) is 0 Å². The highest BCUT2D eigenvalue weighted by atomic mass is 32.1. The quantitative estimate of drug-likeness (QED) is 0.794. The van der Waals surface area contributed by atoms with Gasteiger partial charge in [-0.2, -0.15) is 0 Å². The molecule has 2 rings (SSSR count). The molecule has 5 heteroatoms. The van der Waals surface area contributed by atoms with E-state index in [0.717, 1.165) is 20.5 Å². The summed E-state index contributed by atoms with van der Waals surface area (Å²) in [6.07, 6.45) is -0.676. The molecule has 1 aromatic carbocycles. The number of amides is 1. The number of hydrogen-bond donors (Lipinski definition) is 1. The maximum Gasteiger partial charge on any atom is 0.263 e. The highest BCUT2D eigenvalue weighted by Gasteiger charge is 2.30. The number of benzene rings is 1. The molecule has 1 aromatic heterocycles. The lowest BCUT2D eigenvalue weighted by Crippen LogP contribution is -2.42. The van der Waals surface area contributed by atoms with Crippen LogP contribution in [0.25, 0.3) is 0 Å². The van der Waals surface area contributed by atoms with E-state index >= 15 is 0 Å². The highest BCUT2D eigenvalue weighted by molar-refractivity contribution is 7.16. The highest BCUT2D eigenvalue weighted by Crippen LogP contribution is 2.29. The molecule has 1 amide bonds. The second-order valence-corrected chi connectivity index (χ2v) is 13.1. The number of nitrogens with zero attached hydrogens (tertiary/aromatic N) is 1. The minimum absolute atomic E-state index is 0.0916. The monoisotopic (exact) mass is 361 g/mol. The van der Waals surface area contributed by atoms with Crippen LogP contribution < -0.4 is 5.19 Å². The van der Waals surface area contributed by atoms with Gasteiger partial charge in [-0.25, -0.2) is 0 Å². The Hall–Kier alpha value is -1.43. The molecule has 0 aliphatic rings. The molecular weight excluding hydrogens is 334 g/mol. The van der Waals surface area contributed by atoms with E-state index in [-0.39, 0.29) is 5.91 Å². The first kappa shape index (κ1) is 18.9. The molecule has 1 N–H and O–H groups in total. The van der Waals surface area contributed by atoms with Crippen molar-refractivity contribution in [1.29, 1.82) is 0 Å². The lowest BCUT2D eigenvalue weighted by molar-refractivity contribution is 0.0779. The molecule has 0 saturated carbocycles. The van der Waals surface area contributed by atoms with Gasteiger partial charge >= 0.3 is 0 Å². The zero-order chi connectivity index (χ0) is 17.9. The van der Waals surface area contributed by atoms with Gasteiger partial charge in [0.2, 0.25) is 0 Å². The van der Waals surface area contributed by atoms with Crippen molar-refractivity contribution in [2.24, 2.45) is 0 Å². The van der Waals surface area contributed by atoms with Crippen molar-refractivity contribution in [3.05, 3.63) is 51.7 Å². The first-order valence-electron chi connectivity index (χ1n) is 8.46. The Morgan fingerprint density at radius 3 is 2.25 bits per heavy atom. The van der Waals surface area contributed by atoms with Gasteiger partial charge in [-0.1, -0.05) is 50.0 Å². The smallest absolute Gasteiger partial charge is 0.263 e. The summed E-state index contributed by atoms with van der Waals surface area (Å²) in [5.41, 5.74) is 0.864. The Morgan fingerprint density at radius 1 is 1.17 bits per heavy atom.